The number of anilines is 1. The third-order valence-electron chi connectivity index (χ3n) is 2.88. The van der Waals surface area contributed by atoms with Crippen LogP contribution in [-0.4, -0.2) is 24.6 Å². The standard InChI is InChI=1S/C12H13N3O4S2/c1-8-12(20-7-14-8)6-13-10-4-3-9(21(2,18)19)5-11(10)15(16)17/h3-5,7,13H,6H2,1-2H3. The number of hydrogen-bond acceptors (Lipinski definition) is 7. The lowest BCUT2D eigenvalue weighted by Gasteiger charge is -2.07. The quantitative estimate of drug-likeness (QED) is 0.668. The summed E-state index contributed by atoms with van der Waals surface area (Å²) in [6, 6.07) is 3.83. The maximum atomic E-state index is 11.5. The van der Waals surface area contributed by atoms with Gasteiger partial charge >= 0.3 is 0 Å². The highest BCUT2D eigenvalue weighted by Crippen LogP contribution is 2.28. The summed E-state index contributed by atoms with van der Waals surface area (Å²) in [4.78, 5) is 15.5. The molecule has 7 nitrogen and oxygen atoms in total. The summed E-state index contributed by atoms with van der Waals surface area (Å²) in [7, 11) is -3.48. The Morgan fingerprint density at radius 2 is 2.14 bits per heavy atom. The van der Waals surface area contributed by atoms with Crippen molar-refractivity contribution in [3.63, 3.8) is 0 Å². The molecule has 0 spiro atoms. The van der Waals surface area contributed by atoms with Gasteiger partial charge in [-0.25, -0.2) is 13.4 Å². The normalized spacial score (nSPS) is 11.3. The average molecular weight is 327 g/mol. The molecule has 0 aliphatic heterocycles. The summed E-state index contributed by atoms with van der Waals surface area (Å²) in [6.07, 6.45) is 1.01. The molecule has 2 aromatic rings. The maximum Gasteiger partial charge on any atom is 0.293 e. The molecule has 0 aliphatic carbocycles. The molecule has 1 N–H and O–H groups in total. The fourth-order valence-corrected chi connectivity index (χ4v) is 3.07. The van der Waals surface area contributed by atoms with E-state index in [-0.39, 0.29) is 16.3 Å². The Bertz CT molecular complexity index is 784. The van der Waals surface area contributed by atoms with Gasteiger partial charge in [0, 0.05) is 17.2 Å². The van der Waals surface area contributed by atoms with Crippen LogP contribution in [0.25, 0.3) is 0 Å². The van der Waals surface area contributed by atoms with Crippen LogP contribution in [0, 0.1) is 17.0 Å². The minimum Gasteiger partial charge on any atom is -0.375 e. The molecule has 2 rings (SSSR count). The third-order valence-corrected chi connectivity index (χ3v) is 4.92. The van der Waals surface area contributed by atoms with E-state index >= 15 is 0 Å². The molecule has 0 saturated heterocycles. The highest BCUT2D eigenvalue weighted by Gasteiger charge is 2.18. The van der Waals surface area contributed by atoms with Gasteiger partial charge in [0.05, 0.1) is 27.6 Å². The molecule has 0 aliphatic rings. The van der Waals surface area contributed by atoms with E-state index in [2.05, 4.69) is 10.3 Å². The Kier molecular flexibility index (Phi) is 4.24. The molecule has 0 atom stereocenters. The summed E-state index contributed by atoms with van der Waals surface area (Å²) in [5.41, 5.74) is 2.58. The number of nitrogens with zero attached hydrogens (tertiary/aromatic N) is 2. The maximum absolute atomic E-state index is 11.5. The van der Waals surface area contributed by atoms with Gasteiger partial charge in [0.15, 0.2) is 9.84 Å². The van der Waals surface area contributed by atoms with Gasteiger partial charge in [0.1, 0.15) is 5.69 Å². The molecule has 9 heteroatoms. The van der Waals surface area contributed by atoms with Crippen molar-refractivity contribution in [2.75, 3.05) is 11.6 Å². The van der Waals surface area contributed by atoms with E-state index in [1.54, 1.807) is 5.51 Å². The number of aryl methyl sites for hydroxylation is 1. The number of nitro benzene ring substituents is 1. The molecule has 0 unspecified atom stereocenters. The number of aromatic nitrogens is 1. The van der Waals surface area contributed by atoms with Crippen LogP contribution in [0.4, 0.5) is 11.4 Å². The van der Waals surface area contributed by atoms with Crippen molar-refractivity contribution in [3.8, 4) is 0 Å². The zero-order valence-electron chi connectivity index (χ0n) is 11.4. The van der Waals surface area contributed by atoms with Crippen LogP contribution in [0.5, 0.6) is 0 Å². The van der Waals surface area contributed by atoms with Crippen molar-refractivity contribution >= 4 is 32.5 Å². The number of thiazole rings is 1. The predicted molar refractivity (Wildman–Crippen MR) is 80.4 cm³/mol. The fourth-order valence-electron chi connectivity index (χ4n) is 1.71. The number of rotatable bonds is 5. The summed E-state index contributed by atoms with van der Waals surface area (Å²) < 4.78 is 22.9. The zero-order chi connectivity index (χ0) is 15.6. The molecule has 21 heavy (non-hydrogen) atoms. The van der Waals surface area contributed by atoms with Gasteiger partial charge in [0.2, 0.25) is 0 Å². The Morgan fingerprint density at radius 3 is 2.67 bits per heavy atom. The first-order valence-corrected chi connectivity index (χ1v) is 8.67. The minimum absolute atomic E-state index is 0.0753. The van der Waals surface area contributed by atoms with Gasteiger partial charge in [-0.05, 0) is 19.1 Å². The van der Waals surface area contributed by atoms with Crippen molar-refractivity contribution in [1.29, 1.82) is 0 Å². The van der Waals surface area contributed by atoms with Gasteiger partial charge in [-0.2, -0.15) is 0 Å². The Balaban J connectivity index is 2.31. The predicted octanol–water partition coefficient (Wildman–Crippen LogP) is 2.38. The number of benzene rings is 1. The Hall–Kier alpha value is -2.00. The Morgan fingerprint density at radius 1 is 1.43 bits per heavy atom. The second kappa shape index (κ2) is 5.78. The molecule has 0 bridgehead atoms. The number of nitro groups is 1. The zero-order valence-corrected chi connectivity index (χ0v) is 13.0. The van der Waals surface area contributed by atoms with E-state index < -0.39 is 14.8 Å². The van der Waals surface area contributed by atoms with Crippen LogP contribution in [-0.2, 0) is 16.4 Å². The van der Waals surface area contributed by atoms with Crippen LogP contribution in [0.1, 0.15) is 10.6 Å². The fraction of sp³-hybridized carbons (Fsp3) is 0.250. The molecular weight excluding hydrogens is 314 g/mol. The van der Waals surface area contributed by atoms with Crippen LogP contribution < -0.4 is 5.32 Å². The van der Waals surface area contributed by atoms with Crippen molar-refractivity contribution in [2.24, 2.45) is 0 Å². The lowest BCUT2D eigenvalue weighted by atomic mass is 10.2. The highest BCUT2D eigenvalue weighted by atomic mass is 32.2. The first-order valence-electron chi connectivity index (χ1n) is 5.90. The van der Waals surface area contributed by atoms with E-state index in [1.165, 1.54) is 23.5 Å². The van der Waals surface area contributed by atoms with Crippen LogP contribution in [0.2, 0.25) is 0 Å². The SMILES string of the molecule is Cc1ncsc1CNc1ccc(S(C)(=O)=O)cc1[N+](=O)[O-]. The third kappa shape index (κ3) is 3.56. The van der Waals surface area contributed by atoms with Crippen LogP contribution in [0.15, 0.2) is 28.6 Å². The van der Waals surface area contributed by atoms with E-state index in [1.807, 2.05) is 6.92 Å². The molecule has 1 heterocycles. The molecule has 1 aromatic heterocycles. The highest BCUT2D eigenvalue weighted by molar-refractivity contribution is 7.90. The summed E-state index contributed by atoms with van der Waals surface area (Å²) in [6.45, 7) is 2.25. The molecular formula is C12H13N3O4S2. The second-order valence-electron chi connectivity index (χ2n) is 4.42. The molecule has 112 valence electrons. The van der Waals surface area contributed by atoms with Crippen LogP contribution in [0.3, 0.4) is 0 Å². The van der Waals surface area contributed by atoms with Gasteiger partial charge in [0.25, 0.3) is 5.69 Å². The Labute approximate surface area is 125 Å². The smallest absolute Gasteiger partial charge is 0.293 e. The van der Waals surface area contributed by atoms with Crippen molar-refractivity contribution in [1.82, 2.24) is 4.98 Å². The number of nitrogens with one attached hydrogen (secondary N) is 1. The minimum atomic E-state index is -3.48. The van der Waals surface area contributed by atoms with Gasteiger partial charge in [-0.3, -0.25) is 10.1 Å². The summed E-state index contributed by atoms with van der Waals surface area (Å²) >= 11 is 1.45. The average Bonchev–Trinajstić information content (AvgIpc) is 2.80. The topological polar surface area (TPSA) is 102 Å². The monoisotopic (exact) mass is 327 g/mol. The van der Waals surface area contributed by atoms with E-state index in [9.17, 15) is 18.5 Å². The van der Waals surface area contributed by atoms with E-state index in [0.29, 0.717) is 6.54 Å². The molecule has 0 saturated carbocycles. The second-order valence-corrected chi connectivity index (χ2v) is 7.38. The van der Waals surface area contributed by atoms with Crippen molar-refractivity contribution in [2.45, 2.75) is 18.4 Å². The lowest BCUT2D eigenvalue weighted by molar-refractivity contribution is -0.384. The molecule has 1 aromatic carbocycles. The van der Waals surface area contributed by atoms with Gasteiger partial charge < -0.3 is 5.32 Å². The molecule has 0 amide bonds. The van der Waals surface area contributed by atoms with Crippen molar-refractivity contribution in [3.05, 3.63) is 44.4 Å². The first kappa shape index (κ1) is 15.4. The largest absolute Gasteiger partial charge is 0.375 e. The summed E-state index contributed by atoms with van der Waals surface area (Å²) in [5.74, 6) is 0. The lowest BCUT2D eigenvalue weighted by Crippen LogP contribution is -2.04. The van der Waals surface area contributed by atoms with Crippen molar-refractivity contribution < 1.29 is 13.3 Å². The van der Waals surface area contributed by atoms with Crippen LogP contribution >= 0.6 is 11.3 Å². The number of sulfone groups is 1. The van der Waals surface area contributed by atoms with Gasteiger partial charge in [-0.15, -0.1) is 11.3 Å². The summed E-state index contributed by atoms with van der Waals surface area (Å²) in [5, 5.41) is 14.0. The first-order chi connectivity index (χ1) is 9.79. The molecule has 0 radical (unpaired) electrons. The van der Waals surface area contributed by atoms with E-state index in [4.69, 9.17) is 0 Å². The van der Waals surface area contributed by atoms with E-state index in [0.717, 1.165) is 22.9 Å². The number of hydrogen-bond donors (Lipinski definition) is 1. The van der Waals surface area contributed by atoms with Gasteiger partial charge in [-0.1, -0.05) is 0 Å². The molecule has 0 fully saturated rings.